The lowest BCUT2D eigenvalue weighted by atomic mass is 9.88. The zero-order valence-electron chi connectivity index (χ0n) is 10.8. The van der Waals surface area contributed by atoms with Crippen molar-refractivity contribution in [3.05, 3.63) is 39.9 Å². The predicted octanol–water partition coefficient (Wildman–Crippen LogP) is 3.04. The largest absolute Gasteiger partial charge is 0.325 e. The summed E-state index contributed by atoms with van der Waals surface area (Å²) in [6.45, 7) is 2.18. The first kappa shape index (κ1) is 13.0. The fourth-order valence-corrected chi connectivity index (χ4v) is 3.00. The summed E-state index contributed by atoms with van der Waals surface area (Å²) in [4.78, 5) is 10.7. The van der Waals surface area contributed by atoms with Gasteiger partial charge in [-0.25, -0.2) is 0 Å². The van der Waals surface area contributed by atoms with E-state index < -0.39 is 0 Å². The zero-order chi connectivity index (χ0) is 13.2. The SMILES string of the molecule is CCC1CCC(N)(Cc2ccccc2[N+](=O)[O-])C1. The molecule has 1 saturated carbocycles. The Morgan fingerprint density at radius 2 is 2.22 bits per heavy atom. The first-order valence-electron chi connectivity index (χ1n) is 6.55. The van der Waals surface area contributed by atoms with Crippen LogP contribution in [0.15, 0.2) is 24.3 Å². The number of hydrogen-bond donors (Lipinski definition) is 1. The minimum Gasteiger partial charge on any atom is -0.325 e. The van der Waals surface area contributed by atoms with Crippen molar-refractivity contribution >= 4 is 5.69 Å². The topological polar surface area (TPSA) is 69.2 Å². The van der Waals surface area contributed by atoms with Crippen molar-refractivity contribution in [2.45, 2.75) is 44.6 Å². The Labute approximate surface area is 107 Å². The van der Waals surface area contributed by atoms with Gasteiger partial charge in [-0.2, -0.15) is 0 Å². The van der Waals surface area contributed by atoms with Crippen LogP contribution in [-0.4, -0.2) is 10.5 Å². The fourth-order valence-electron chi connectivity index (χ4n) is 3.00. The molecule has 1 fully saturated rings. The van der Waals surface area contributed by atoms with Crippen LogP contribution in [0.5, 0.6) is 0 Å². The van der Waals surface area contributed by atoms with Crippen LogP contribution >= 0.6 is 0 Å². The smallest absolute Gasteiger partial charge is 0.272 e. The molecule has 2 N–H and O–H groups in total. The van der Waals surface area contributed by atoms with Gasteiger partial charge in [0, 0.05) is 17.2 Å². The number of benzene rings is 1. The summed E-state index contributed by atoms with van der Waals surface area (Å²) < 4.78 is 0. The Bertz CT molecular complexity index is 447. The van der Waals surface area contributed by atoms with Gasteiger partial charge in [-0.1, -0.05) is 31.5 Å². The molecule has 1 aromatic rings. The number of nitrogens with two attached hydrogens (primary N) is 1. The highest BCUT2D eigenvalue weighted by atomic mass is 16.6. The van der Waals surface area contributed by atoms with Crippen LogP contribution in [0.1, 0.15) is 38.2 Å². The first-order valence-corrected chi connectivity index (χ1v) is 6.55. The minimum absolute atomic E-state index is 0.197. The molecule has 2 rings (SSSR count). The van der Waals surface area contributed by atoms with E-state index >= 15 is 0 Å². The summed E-state index contributed by atoms with van der Waals surface area (Å²) in [5.41, 5.74) is 7.11. The molecule has 0 saturated heterocycles. The van der Waals surface area contributed by atoms with Crippen molar-refractivity contribution in [3.63, 3.8) is 0 Å². The lowest BCUT2D eigenvalue weighted by molar-refractivity contribution is -0.385. The molecule has 0 spiro atoms. The highest BCUT2D eigenvalue weighted by Crippen LogP contribution is 2.37. The predicted molar refractivity (Wildman–Crippen MR) is 71.4 cm³/mol. The standard InChI is InChI=1S/C14H20N2O2/c1-2-11-7-8-14(15,9-11)10-12-5-3-4-6-13(12)16(17)18/h3-6,11H,2,7-10,15H2,1H3. The summed E-state index contributed by atoms with van der Waals surface area (Å²) in [6, 6.07) is 6.93. The van der Waals surface area contributed by atoms with E-state index in [9.17, 15) is 10.1 Å². The van der Waals surface area contributed by atoms with E-state index in [-0.39, 0.29) is 16.1 Å². The van der Waals surface area contributed by atoms with Gasteiger partial charge in [0.2, 0.25) is 0 Å². The lowest BCUT2D eigenvalue weighted by Crippen LogP contribution is -2.39. The molecule has 0 bridgehead atoms. The van der Waals surface area contributed by atoms with Crippen molar-refractivity contribution in [3.8, 4) is 0 Å². The summed E-state index contributed by atoms with van der Waals surface area (Å²) in [6.07, 6.45) is 4.86. The van der Waals surface area contributed by atoms with Gasteiger partial charge < -0.3 is 5.73 Å². The van der Waals surface area contributed by atoms with E-state index in [0.29, 0.717) is 12.3 Å². The quantitative estimate of drug-likeness (QED) is 0.657. The number of rotatable bonds is 4. The van der Waals surface area contributed by atoms with Gasteiger partial charge in [0.1, 0.15) is 0 Å². The Morgan fingerprint density at radius 1 is 1.50 bits per heavy atom. The second-order valence-electron chi connectivity index (χ2n) is 5.44. The van der Waals surface area contributed by atoms with E-state index in [1.165, 1.54) is 0 Å². The van der Waals surface area contributed by atoms with Gasteiger partial charge in [0.15, 0.2) is 0 Å². The lowest BCUT2D eigenvalue weighted by Gasteiger charge is -2.24. The molecule has 2 atom stereocenters. The zero-order valence-corrected chi connectivity index (χ0v) is 10.8. The molecule has 0 amide bonds. The van der Waals surface area contributed by atoms with Gasteiger partial charge in [-0.05, 0) is 31.6 Å². The number of nitro groups is 1. The van der Waals surface area contributed by atoms with Crippen LogP contribution in [0.25, 0.3) is 0 Å². The summed E-state index contributed by atoms with van der Waals surface area (Å²) >= 11 is 0. The van der Waals surface area contributed by atoms with Gasteiger partial charge >= 0.3 is 0 Å². The van der Waals surface area contributed by atoms with E-state index in [0.717, 1.165) is 31.2 Å². The summed E-state index contributed by atoms with van der Waals surface area (Å²) in [5.74, 6) is 0.678. The highest BCUT2D eigenvalue weighted by Gasteiger charge is 2.36. The van der Waals surface area contributed by atoms with Crippen LogP contribution in [-0.2, 0) is 6.42 Å². The van der Waals surface area contributed by atoms with Crippen LogP contribution in [0.3, 0.4) is 0 Å². The van der Waals surface area contributed by atoms with Gasteiger partial charge in [-0.15, -0.1) is 0 Å². The van der Waals surface area contributed by atoms with E-state index in [4.69, 9.17) is 5.73 Å². The molecule has 4 nitrogen and oxygen atoms in total. The Kier molecular flexibility index (Phi) is 3.66. The Morgan fingerprint density at radius 3 is 2.83 bits per heavy atom. The maximum absolute atomic E-state index is 11.0. The van der Waals surface area contributed by atoms with Crippen LogP contribution in [0.2, 0.25) is 0 Å². The monoisotopic (exact) mass is 248 g/mol. The Balaban J connectivity index is 2.17. The van der Waals surface area contributed by atoms with Crippen molar-refractivity contribution < 1.29 is 4.92 Å². The van der Waals surface area contributed by atoms with Gasteiger partial charge in [-0.3, -0.25) is 10.1 Å². The molecule has 1 aliphatic carbocycles. The minimum atomic E-state index is -0.315. The maximum atomic E-state index is 11.0. The maximum Gasteiger partial charge on any atom is 0.272 e. The van der Waals surface area contributed by atoms with E-state index in [1.54, 1.807) is 12.1 Å². The van der Waals surface area contributed by atoms with Crippen molar-refractivity contribution in [1.29, 1.82) is 0 Å². The second kappa shape index (κ2) is 5.06. The Hall–Kier alpha value is -1.42. The molecule has 1 aliphatic rings. The third-order valence-electron chi connectivity index (χ3n) is 4.05. The molecule has 4 heteroatoms. The molecular weight excluding hydrogens is 228 g/mol. The summed E-state index contributed by atoms with van der Waals surface area (Å²) in [7, 11) is 0. The average Bonchev–Trinajstić information content (AvgIpc) is 2.71. The van der Waals surface area contributed by atoms with Gasteiger partial charge in [0.05, 0.1) is 4.92 Å². The van der Waals surface area contributed by atoms with E-state index in [1.807, 2.05) is 12.1 Å². The number of nitro benzene ring substituents is 1. The molecule has 18 heavy (non-hydrogen) atoms. The van der Waals surface area contributed by atoms with Crippen LogP contribution in [0.4, 0.5) is 5.69 Å². The average molecular weight is 248 g/mol. The molecule has 1 aromatic carbocycles. The van der Waals surface area contributed by atoms with Crippen molar-refractivity contribution in [1.82, 2.24) is 0 Å². The highest BCUT2D eigenvalue weighted by molar-refractivity contribution is 5.41. The van der Waals surface area contributed by atoms with Crippen molar-refractivity contribution in [2.24, 2.45) is 11.7 Å². The molecule has 0 heterocycles. The number of para-hydroxylation sites is 1. The molecular formula is C14H20N2O2. The first-order chi connectivity index (χ1) is 8.54. The molecule has 0 radical (unpaired) electrons. The molecule has 0 aliphatic heterocycles. The molecule has 0 aromatic heterocycles. The fraction of sp³-hybridized carbons (Fsp3) is 0.571. The second-order valence-corrected chi connectivity index (χ2v) is 5.44. The number of hydrogen-bond acceptors (Lipinski definition) is 3. The van der Waals surface area contributed by atoms with Crippen molar-refractivity contribution in [2.75, 3.05) is 0 Å². The van der Waals surface area contributed by atoms with Crippen LogP contribution in [0, 0.1) is 16.0 Å². The van der Waals surface area contributed by atoms with E-state index in [2.05, 4.69) is 6.92 Å². The number of nitrogens with zero attached hydrogens (tertiary/aromatic N) is 1. The third kappa shape index (κ3) is 2.70. The molecule has 2 unspecified atom stereocenters. The van der Waals surface area contributed by atoms with Crippen LogP contribution < -0.4 is 5.73 Å². The third-order valence-corrected chi connectivity index (χ3v) is 4.05. The molecule has 98 valence electrons. The normalized spacial score (nSPS) is 27.3. The summed E-state index contributed by atoms with van der Waals surface area (Å²) in [5, 5.41) is 11.0. The van der Waals surface area contributed by atoms with Gasteiger partial charge in [0.25, 0.3) is 5.69 Å².